The number of esters is 1. The number of rotatable bonds is 7. The molecule has 2 aliphatic carbocycles. The molecule has 2 aromatic carbocycles. The third-order valence-corrected chi connectivity index (χ3v) is 9.34. The lowest BCUT2D eigenvalue weighted by Gasteiger charge is -2.31. The Morgan fingerprint density at radius 1 is 0.950 bits per heavy atom. The lowest BCUT2D eigenvalue weighted by atomic mass is 9.81. The van der Waals surface area contributed by atoms with Crippen LogP contribution in [0, 0.1) is 23.7 Å². The third kappa shape index (κ3) is 4.62. The zero-order chi connectivity index (χ0) is 28.1. The molecule has 1 aliphatic heterocycles. The second kappa shape index (κ2) is 10.5. The number of halogens is 2. The number of imide groups is 1. The summed E-state index contributed by atoms with van der Waals surface area (Å²) in [5.74, 6) is -3.21. The lowest BCUT2D eigenvalue weighted by molar-refractivity contribution is -0.155. The van der Waals surface area contributed by atoms with Crippen molar-refractivity contribution in [1.82, 2.24) is 10.0 Å². The van der Waals surface area contributed by atoms with E-state index in [0.717, 1.165) is 29.3 Å². The second-order valence-corrected chi connectivity index (χ2v) is 12.0. The normalized spacial score (nSPS) is 22.9. The van der Waals surface area contributed by atoms with Crippen molar-refractivity contribution in [1.29, 1.82) is 0 Å². The van der Waals surface area contributed by atoms with Crippen molar-refractivity contribution in [2.45, 2.75) is 19.3 Å². The van der Waals surface area contributed by atoms with Crippen molar-refractivity contribution in [3.05, 3.63) is 86.0 Å². The maximum Gasteiger partial charge on any atom is 0.353 e. The first-order valence-electron chi connectivity index (χ1n) is 12.8. The van der Waals surface area contributed by atoms with Crippen molar-refractivity contribution in [3.63, 3.8) is 0 Å². The fourth-order valence-corrected chi connectivity index (χ4v) is 7.24. The monoisotopic (exact) mass is 596 g/mol. The van der Waals surface area contributed by atoms with E-state index in [1.807, 2.05) is 0 Å². The summed E-state index contributed by atoms with van der Waals surface area (Å²) in [4.78, 5) is 67.0. The highest BCUT2D eigenvalue weighted by atomic mass is 35.5. The van der Waals surface area contributed by atoms with Gasteiger partial charge in [-0.25, -0.2) is 9.80 Å². The Morgan fingerprint density at radius 3 is 2.23 bits per heavy atom. The van der Waals surface area contributed by atoms with Gasteiger partial charge in [0.25, 0.3) is 17.7 Å². The van der Waals surface area contributed by atoms with E-state index in [-0.39, 0.29) is 33.7 Å². The van der Waals surface area contributed by atoms with Gasteiger partial charge in [0.15, 0.2) is 5.78 Å². The van der Waals surface area contributed by atoms with Crippen LogP contribution < -0.4 is 4.74 Å². The van der Waals surface area contributed by atoms with Crippen LogP contribution in [0.2, 0.25) is 10.0 Å². The molecule has 3 amide bonds. The number of hydrazine groups is 1. The first-order valence-corrected chi connectivity index (χ1v) is 14.4. The molecule has 204 valence electrons. The number of carbonyl (C=O) groups excluding carboxylic acids is 5. The van der Waals surface area contributed by atoms with Crippen LogP contribution in [-0.2, 0) is 9.59 Å². The Morgan fingerprint density at radius 2 is 1.62 bits per heavy atom. The first kappa shape index (κ1) is 26.7. The molecule has 11 heteroatoms. The quantitative estimate of drug-likeness (QED) is 0.153. The number of fused-ring (bicyclic) bond motifs is 5. The van der Waals surface area contributed by atoms with Gasteiger partial charge in [-0.1, -0.05) is 29.3 Å². The average Bonchev–Trinajstić information content (AvgIpc) is 3.73. The molecule has 4 atom stereocenters. The molecule has 8 nitrogen and oxygen atoms in total. The summed E-state index contributed by atoms with van der Waals surface area (Å²) in [6.45, 7) is -0.571. The molecule has 1 aromatic heterocycles. The minimum absolute atomic E-state index is 0.00957. The Balaban J connectivity index is 1.27. The molecule has 2 heterocycles. The summed E-state index contributed by atoms with van der Waals surface area (Å²) in [7, 11) is 0. The zero-order valence-corrected chi connectivity index (χ0v) is 23.2. The molecule has 3 aromatic rings. The van der Waals surface area contributed by atoms with Gasteiger partial charge < -0.3 is 4.74 Å². The predicted octanol–water partition coefficient (Wildman–Crippen LogP) is 5.55. The van der Waals surface area contributed by atoms with E-state index in [1.165, 1.54) is 53.8 Å². The number of benzene rings is 2. The molecular weight excluding hydrogens is 575 g/mol. The fraction of sp³-hybridized carbons (Fsp3) is 0.276. The van der Waals surface area contributed by atoms with E-state index in [4.69, 9.17) is 27.9 Å². The number of nitrogens with zero attached hydrogens (tertiary/aromatic N) is 2. The van der Waals surface area contributed by atoms with Gasteiger partial charge in [-0.2, -0.15) is 5.01 Å². The molecule has 0 N–H and O–H groups in total. The number of carbonyl (C=O) groups is 5. The highest BCUT2D eigenvalue weighted by molar-refractivity contribution is 7.12. The molecule has 3 aliphatic rings. The van der Waals surface area contributed by atoms with Gasteiger partial charge in [-0.05, 0) is 85.0 Å². The summed E-state index contributed by atoms with van der Waals surface area (Å²) in [6, 6.07) is 13.5. The topological polar surface area (TPSA) is 101 Å². The van der Waals surface area contributed by atoms with Crippen molar-refractivity contribution >= 4 is 64.0 Å². The van der Waals surface area contributed by atoms with E-state index in [9.17, 15) is 24.0 Å². The Hall–Kier alpha value is -3.53. The average molecular weight is 597 g/mol. The summed E-state index contributed by atoms with van der Waals surface area (Å²) in [6.07, 6.45) is 2.58. The molecule has 40 heavy (non-hydrogen) atoms. The highest BCUT2D eigenvalue weighted by Gasteiger charge is 2.62. The number of thiophene rings is 1. The van der Waals surface area contributed by atoms with E-state index in [1.54, 1.807) is 17.5 Å². The van der Waals surface area contributed by atoms with Crippen LogP contribution in [0.1, 0.15) is 49.7 Å². The van der Waals surface area contributed by atoms with E-state index in [0.29, 0.717) is 9.90 Å². The van der Waals surface area contributed by atoms with Crippen LogP contribution in [0.3, 0.4) is 0 Å². The van der Waals surface area contributed by atoms with Gasteiger partial charge in [0, 0.05) is 10.6 Å². The molecule has 2 saturated carbocycles. The molecule has 6 rings (SSSR count). The molecule has 0 unspecified atom stereocenters. The maximum atomic E-state index is 13.8. The standard InChI is InChI=1S/C29H22Cl2N2O6S/c30-18-7-10-20(21(31)13-18)26(35)32(33-27(36)24-16-3-4-17(12-16)25(24)28(33)37)14-22(34)15-5-8-19(9-6-15)39-29(38)23-2-1-11-40-23/h1-2,5-11,13,16-17,24-25H,3-4,12,14H2/t16-,17-,24-,25+/m0/s1. The lowest BCUT2D eigenvalue weighted by Crippen LogP contribution is -2.52. The van der Waals surface area contributed by atoms with Crippen LogP contribution in [0.4, 0.5) is 0 Å². The van der Waals surface area contributed by atoms with Gasteiger partial charge in [-0.3, -0.25) is 19.2 Å². The largest absolute Gasteiger partial charge is 0.422 e. The summed E-state index contributed by atoms with van der Waals surface area (Å²) in [5.41, 5.74) is 0.214. The minimum atomic E-state index is -0.759. The van der Waals surface area contributed by atoms with E-state index < -0.39 is 47.9 Å². The van der Waals surface area contributed by atoms with Crippen molar-refractivity contribution in [2.75, 3.05) is 6.54 Å². The molecule has 1 saturated heterocycles. The van der Waals surface area contributed by atoms with Gasteiger partial charge in [-0.15, -0.1) is 11.3 Å². The SMILES string of the molecule is O=C(CN(C(=O)c1ccc(Cl)cc1Cl)N1C(=O)[C@@H]2[C@H]3CC[C@@H](C3)[C@@H]2C1=O)c1ccc(OC(=O)c2cccs2)cc1. The van der Waals surface area contributed by atoms with Crippen molar-refractivity contribution in [3.8, 4) is 5.75 Å². The number of hydrogen-bond donors (Lipinski definition) is 0. The van der Waals surface area contributed by atoms with E-state index in [2.05, 4.69) is 0 Å². The maximum absolute atomic E-state index is 13.8. The Labute approximate surface area is 243 Å². The summed E-state index contributed by atoms with van der Waals surface area (Å²) < 4.78 is 5.34. The van der Waals surface area contributed by atoms with Gasteiger partial charge in [0.1, 0.15) is 17.2 Å². The number of amides is 3. The smallest absolute Gasteiger partial charge is 0.353 e. The van der Waals surface area contributed by atoms with Gasteiger partial charge in [0.05, 0.1) is 22.4 Å². The number of ether oxygens (including phenoxy) is 1. The fourth-order valence-electron chi connectivity index (χ4n) is 6.15. The number of hydrogen-bond acceptors (Lipinski definition) is 7. The zero-order valence-electron chi connectivity index (χ0n) is 20.9. The van der Waals surface area contributed by atoms with Gasteiger partial charge >= 0.3 is 5.97 Å². The van der Waals surface area contributed by atoms with Crippen LogP contribution in [0.5, 0.6) is 5.75 Å². The van der Waals surface area contributed by atoms with Crippen molar-refractivity contribution < 1.29 is 28.7 Å². The minimum Gasteiger partial charge on any atom is -0.422 e. The first-order chi connectivity index (χ1) is 19.2. The molecule has 0 spiro atoms. The van der Waals surface area contributed by atoms with Gasteiger partial charge in [0.2, 0.25) is 0 Å². The summed E-state index contributed by atoms with van der Waals surface area (Å²) in [5, 5.41) is 3.87. The molecule has 3 fully saturated rings. The number of Topliss-reactive ketones (excluding diaryl/α,β-unsaturated/α-hetero) is 1. The second-order valence-electron chi connectivity index (χ2n) is 10.2. The van der Waals surface area contributed by atoms with Crippen LogP contribution in [0.15, 0.2) is 60.0 Å². The molecule has 2 bridgehead atoms. The van der Waals surface area contributed by atoms with Crippen LogP contribution in [0.25, 0.3) is 0 Å². The predicted molar refractivity (Wildman–Crippen MR) is 147 cm³/mol. The number of ketones is 1. The summed E-state index contributed by atoms with van der Waals surface area (Å²) >= 11 is 13.6. The van der Waals surface area contributed by atoms with E-state index >= 15 is 0 Å². The highest BCUT2D eigenvalue weighted by Crippen LogP contribution is 2.56. The van der Waals surface area contributed by atoms with Crippen molar-refractivity contribution in [2.24, 2.45) is 23.7 Å². The Bertz CT molecular complexity index is 1510. The van der Waals surface area contributed by atoms with Crippen LogP contribution >= 0.6 is 34.5 Å². The molecular formula is C29H22Cl2N2O6S. The molecule has 0 radical (unpaired) electrons. The third-order valence-electron chi connectivity index (χ3n) is 7.94. The Kier molecular flexibility index (Phi) is 6.98. The van der Waals surface area contributed by atoms with Crippen LogP contribution in [-0.4, -0.2) is 46.0 Å².